The molecule has 4 rings (SSSR count). The normalized spacial score (nSPS) is 10.8. The van der Waals surface area contributed by atoms with Gasteiger partial charge in [0, 0.05) is 11.6 Å². The number of fused-ring (bicyclic) bond motifs is 1. The van der Waals surface area contributed by atoms with Gasteiger partial charge in [0.1, 0.15) is 17.9 Å². The highest BCUT2D eigenvalue weighted by molar-refractivity contribution is 5.88. The number of para-hydroxylation sites is 1. The molecule has 0 saturated heterocycles. The number of amides is 1. The van der Waals surface area contributed by atoms with E-state index in [0.29, 0.717) is 33.9 Å². The second-order valence-electron chi connectivity index (χ2n) is 7.62. The van der Waals surface area contributed by atoms with E-state index in [1.165, 1.54) is 19.4 Å². The Morgan fingerprint density at radius 3 is 2.64 bits per heavy atom. The smallest absolute Gasteiger partial charge is 0.335 e. The van der Waals surface area contributed by atoms with Gasteiger partial charge in [-0.1, -0.05) is 30.3 Å². The number of hydrogen-bond acceptors (Lipinski definition) is 7. The molecule has 182 valence electrons. The van der Waals surface area contributed by atoms with Crippen LogP contribution >= 0.6 is 0 Å². The van der Waals surface area contributed by atoms with Crippen LogP contribution in [-0.4, -0.2) is 41.9 Å². The van der Waals surface area contributed by atoms with Crippen molar-refractivity contribution in [1.29, 1.82) is 0 Å². The first kappa shape index (κ1) is 24.2. The second-order valence-corrected chi connectivity index (χ2v) is 7.62. The number of rotatable bonds is 10. The van der Waals surface area contributed by atoms with Gasteiger partial charge in [0.05, 0.1) is 18.9 Å². The molecule has 1 heterocycles. The van der Waals surface area contributed by atoms with Gasteiger partial charge in [0.25, 0.3) is 5.91 Å². The third-order valence-electron chi connectivity index (χ3n) is 5.11. The van der Waals surface area contributed by atoms with Gasteiger partial charge >= 0.3 is 5.97 Å². The number of hydrogen-bond donors (Lipinski definition) is 2. The van der Waals surface area contributed by atoms with E-state index < -0.39 is 11.9 Å². The Kier molecular flexibility index (Phi) is 7.72. The van der Waals surface area contributed by atoms with Crippen LogP contribution in [0.25, 0.3) is 10.9 Å². The zero-order valence-electron chi connectivity index (χ0n) is 19.4. The van der Waals surface area contributed by atoms with Crippen LogP contribution in [0.2, 0.25) is 0 Å². The molecule has 0 radical (unpaired) electrons. The lowest BCUT2D eigenvalue weighted by Crippen LogP contribution is -2.24. The summed E-state index contributed by atoms with van der Waals surface area (Å²) >= 11 is 0. The van der Waals surface area contributed by atoms with Crippen molar-refractivity contribution in [3.05, 3.63) is 95.7 Å². The van der Waals surface area contributed by atoms with Crippen molar-refractivity contribution in [2.45, 2.75) is 6.61 Å². The number of aromatic carboxylic acids is 1. The number of methoxy groups -OCH3 is 1. The number of carboxylic acid groups (broad SMARTS) is 1. The van der Waals surface area contributed by atoms with Crippen molar-refractivity contribution in [2.24, 2.45) is 5.10 Å². The van der Waals surface area contributed by atoms with E-state index in [0.717, 1.165) is 5.39 Å². The lowest BCUT2D eigenvalue weighted by atomic mass is 10.1. The minimum atomic E-state index is -0.998. The first-order chi connectivity index (χ1) is 17.5. The molecule has 0 aliphatic rings. The van der Waals surface area contributed by atoms with Crippen LogP contribution in [0.15, 0.2) is 84.1 Å². The molecule has 1 aromatic heterocycles. The van der Waals surface area contributed by atoms with Gasteiger partial charge in [-0.3, -0.25) is 9.78 Å². The number of hydrazone groups is 1. The molecule has 0 unspecified atom stereocenters. The van der Waals surface area contributed by atoms with Gasteiger partial charge in [0.15, 0.2) is 18.1 Å². The van der Waals surface area contributed by atoms with Gasteiger partial charge in [-0.05, 0) is 53.6 Å². The van der Waals surface area contributed by atoms with Crippen LogP contribution in [0.5, 0.6) is 17.2 Å². The third-order valence-corrected chi connectivity index (χ3v) is 5.11. The summed E-state index contributed by atoms with van der Waals surface area (Å²) in [5, 5.41) is 14.0. The predicted octanol–water partition coefficient (Wildman–Crippen LogP) is 4.05. The maximum Gasteiger partial charge on any atom is 0.335 e. The number of carbonyl (C=O) groups is 2. The Hall–Kier alpha value is -4.92. The van der Waals surface area contributed by atoms with Crippen molar-refractivity contribution in [3.63, 3.8) is 0 Å². The SMILES string of the molecule is COc1cc(/C=N\NC(=O)COc2cccc3cccnc23)ccc1OCc1cccc(C(=O)O)c1. The third kappa shape index (κ3) is 6.15. The van der Waals surface area contributed by atoms with E-state index in [4.69, 9.17) is 19.3 Å². The molecule has 9 nitrogen and oxygen atoms in total. The van der Waals surface area contributed by atoms with E-state index in [9.17, 15) is 9.59 Å². The zero-order chi connectivity index (χ0) is 25.3. The summed E-state index contributed by atoms with van der Waals surface area (Å²) in [4.78, 5) is 27.6. The Morgan fingerprint density at radius 1 is 0.972 bits per heavy atom. The van der Waals surface area contributed by atoms with Crippen LogP contribution in [0.3, 0.4) is 0 Å². The van der Waals surface area contributed by atoms with E-state index in [1.807, 2.05) is 24.3 Å². The Balaban J connectivity index is 1.32. The fourth-order valence-corrected chi connectivity index (χ4v) is 3.39. The summed E-state index contributed by atoms with van der Waals surface area (Å²) in [7, 11) is 1.51. The maximum atomic E-state index is 12.2. The molecule has 4 aromatic rings. The number of carboxylic acids is 1. The summed E-state index contributed by atoms with van der Waals surface area (Å²) in [5.41, 5.74) is 4.69. The molecule has 0 saturated carbocycles. The van der Waals surface area contributed by atoms with Crippen molar-refractivity contribution >= 4 is 29.0 Å². The molecule has 0 spiro atoms. The van der Waals surface area contributed by atoms with Crippen LogP contribution < -0.4 is 19.6 Å². The molecule has 0 bridgehead atoms. The standard InChI is InChI=1S/C27H23N3O6/c1-34-24-14-18(10-11-22(24)35-16-19-5-2-7-21(13-19)27(32)33)15-29-30-25(31)17-36-23-9-3-6-20-8-4-12-28-26(20)23/h2-15H,16-17H2,1H3,(H,30,31)(H,32,33)/b29-15-. The molecule has 36 heavy (non-hydrogen) atoms. The van der Waals surface area contributed by atoms with Gasteiger partial charge in [0.2, 0.25) is 0 Å². The Morgan fingerprint density at radius 2 is 1.81 bits per heavy atom. The van der Waals surface area contributed by atoms with Gasteiger partial charge in [-0.25, -0.2) is 10.2 Å². The number of ether oxygens (including phenoxy) is 3. The highest BCUT2D eigenvalue weighted by Gasteiger charge is 2.09. The van der Waals surface area contributed by atoms with E-state index in [1.54, 1.807) is 48.7 Å². The molecule has 0 aliphatic carbocycles. The molecular weight excluding hydrogens is 462 g/mol. The first-order valence-electron chi connectivity index (χ1n) is 10.9. The molecular formula is C27H23N3O6. The molecule has 2 N–H and O–H groups in total. The molecule has 0 aliphatic heterocycles. The summed E-state index contributed by atoms with van der Waals surface area (Å²) in [5.74, 6) is 0.0437. The fourth-order valence-electron chi connectivity index (χ4n) is 3.39. The summed E-state index contributed by atoms with van der Waals surface area (Å²) in [6.07, 6.45) is 3.14. The largest absolute Gasteiger partial charge is 0.493 e. The highest BCUT2D eigenvalue weighted by atomic mass is 16.5. The quantitative estimate of drug-likeness (QED) is 0.257. The monoisotopic (exact) mass is 485 g/mol. The van der Waals surface area contributed by atoms with E-state index in [2.05, 4.69) is 15.5 Å². The van der Waals surface area contributed by atoms with E-state index in [-0.39, 0.29) is 18.8 Å². The average molecular weight is 485 g/mol. The molecule has 1 amide bonds. The first-order valence-corrected chi connectivity index (χ1v) is 10.9. The number of pyridine rings is 1. The second kappa shape index (κ2) is 11.5. The molecule has 9 heteroatoms. The molecule has 0 atom stereocenters. The Labute approximate surface area is 207 Å². The van der Waals surface area contributed by atoms with Crippen LogP contribution in [0.4, 0.5) is 0 Å². The van der Waals surface area contributed by atoms with Gasteiger partial charge < -0.3 is 19.3 Å². The molecule has 0 fully saturated rings. The number of carbonyl (C=O) groups excluding carboxylic acids is 1. The lowest BCUT2D eigenvalue weighted by Gasteiger charge is -2.11. The predicted molar refractivity (Wildman–Crippen MR) is 134 cm³/mol. The number of nitrogens with one attached hydrogen (secondary N) is 1. The highest BCUT2D eigenvalue weighted by Crippen LogP contribution is 2.28. The summed E-state index contributed by atoms with van der Waals surface area (Å²) in [6.45, 7) is -0.0423. The number of aromatic nitrogens is 1. The van der Waals surface area contributed by atoms with Crippen LogP contribution in [0.1, 0.15) is 21.5 Å². The lowest BCUT2D eigenvalue weighted by molar-refractivity contribution is -0.123. The summed E-state index contributed by atoms with van der Waals surface area (Å²) in [6, 6.07) is 20.9. The van der Waals surface area contributed by atoms with Crippen molar-refractivity contribution in [2.75, 3.05) is 13.7 Å². The van der Waals surface area contributed by atoms with Gasteiger partial charge in [-0.15, -0.1) is 0 Å². The van der Waals surface area contributed by atoms with Crippen molar-refractivity contribution < 1.29 is 28.9 Å². The van der Waals surface area contributed by atoms with Crippen LogP contribution in [-0.2, 0) is 11.4 Å². The van der Waals surface area contributed by atoms with Crippen molar-refractivity contribution in [3.8, 4) is 17.2 Å². The molecule has 3 aromatic carbocycles. The van der Waals surface area contributed by atoms with Crippen LogP contribution in [0, 0.1) is 0 Å². The Bertz CT molecular complexity index is 1410. The summed E-state index contributed by atoms with van der Waals surface area (Å²) < 4.78 is 16.8. The average Bonchev–Trinajstić information content (AvgIpc) is 2.91. The number of benzene rings is 3. The van der Waals surface area contributed by atoms with Crippen molar-refractivity contribution in [1.82, 2.24) is 10.4 Å². The fraction of sp³-hybridized carbons (Fsp3) is 0.111. The van der Waals surface area contributed by atoms with E-state index >= 15 is 0 Å². The maximum absolute atomic E-state index is 12.2. The number of nitrogens with zero attached hydrogens (tertiary/aromatic N) is 2. The zero-order valence-corrected chi connectivity index (χ0v) is 19.4. The minimum absolute atomic E-state index is 0.174. The minimum Gasteiger partial charge on any atom is -0.493 e. The van der Waals surface area contributed by atoms with Gasteiger partial charge in [-0.2, -0.15) is 5.10 Å². The topological polar surface area (TPSA) is 119 Å².